The highest BCUT2D eigenvalue weighted by atomic mass is 127. The second-order valence-electron chi connectivity index (χ2n) is 5.06. The molecule has 0 amide bonds. The molecule has 1 aromatic heterocycles. The molecule has 0 saturated carbocycles. The Bertz CT molecular complexity index is 662. The monoisotopic (exact) mass is 383 g/mol. The van der Waals surface area contributed by atoms with Gasteiger partial charge >= 0.3 is 0 Å². The summed E-state index contributed by atoms with van der Waals surface area (Å²) in [4.78, 5) is 17.4. The summed E-state index contributed by atoms with van der Waals surface area (Å²) in [5, 5.41) is 11.6. The minimum Gasteiger partial charge on any atom is -0.296 e. The number of nitro groups is 1. The van der Waals surface area contributed by atoms with Crippen LogP contribution in [0.5, 0.6) is 0 Å². The number of non-ortho nitro benzene ring substituents is 1. The molecule has 1 aliphatic heterocycles. The third-order valence-electron chi connectivity index (χ3n) is 3.54. The Hall–Kier alpha value is -1.28. The predicted molar refractivity (Wildman–Crippen MR) is 86.1 cm³/mol. The number of halogens is 1. The molecule has 6 heteroatoms. The van der Waals surface area contributed by atoms with Gasteiger partial charge in [-0.25, -0.2) is 0 Å². The van der Waals surface area contributed by atoms with Gasteiger partial charge in [0.15, 0.2) is 0 Å². The molecule has 1 saturated heterocycles. The first kappa shape index (κ1) is 13.7. The van der Waals surface area contributed by atoms with Crippen molar-refractivity contribution in [1.29, 1.82) is 0 Å². The molecule has 104 valence electrons. The van der Waals surface area contributed by atoms with Gasteiger partial charge in [-0.2, -0.15) is 0 Å². The number of aromatic nitrogens is 1. The summed E-state index contributed by atoms with van der Waals surface area (Å²) in [6.07, 6.45) is 1.24. The van der Waals surface area contributed by atoms with E-state index in [0.717, 1.165) is 40.2 Å². The number of hydrogen-bond acceptors (Lipinski definition) is 4. The van der Waals surface area contributed by atoms with Gasteiger partial charge < -0.3 is 0 Å². The van der Waals surface area contributed by atoms with Gasteiger partial charge in [-0.05, 0) is 25.1 Å². The van der Waals surface area contributed by atoms with Crippen molar-refractivity contribution < 1.29 is 4.92 Å². The first-order valence-electron chi connectivity index (χ1n) is 6.52. The zero-order chi connectivity index (χ0) is 14.1. The summed E-state index contributed by atoms with van der Waals surface area (Å²) >= 11 is 2.49. The number of nitro benzene ring substituents is 1. The van der Waals surface area contributed by atoms with Crippen molar-refractivity contribution in [2.24, 2.45) is 0 Å². The highest BCUT2D eigenvalue weighted by molar-refractivity contribution is 14.1. The average molecular weight is 383 g/mol. The van der Waals surface area contributed by atoms with E-state index in [0.29, 0.717) is 0 Å². The number of likely N-dealkylation sites (tertiary alicyclic amines) is 1. The zero-order valence-electron chi connectivity index (χ0n) is 10.8. The molecule has 0 radical (unpaired) electrons. The van der Waals surface area contributed by atoms with Crippen molar-refractivity contribution in [3.05, 3.63) is 46.1 Å². The van der Waals surface area contributed by atoms with Crippen LogP contribution in [-0.2, 0) is 6.54 Å². The van der Waals surface area contributed by atoms with Crippen molar-refractivity contribution in [2.45, 2.75) is 16.9 Å². The summed E-state index contributed by atoms with van der Waals surface area (Å²) in [5.41, 5.74) is 1.95. The van der Waals surface area contributed by atoms with Gasteiger partial charge in [0.1, 0.15) is 0 Å². The summed E-state index contributed by atoms with van der Waals surface area (Å²) in [6.45, 7) is 3.08. The van der Waals surface area contributed by atoms with Crippen LogP contribution in [0.4, 0.5) is 5.69 Å². The molecule has 0 unspecified atom stereocenters. The smallest absolute Gasteiger partial charge is 0.270 e. The molecule has 2 heterocycles. The summed E-state index contributed by atoms with van der Waals surface area (Å²) in [5.74, 6) is 0. The van der Waals surface area contributed by atoms with Crippen LogP contribution in [0, 0.1) is 10.1 Å². The third kappa shape index (κ3) is 2.90. The van der Waals surface area contributed by atoms with Gasteiger partial charge in [-0.15, -0.1) is 0 Å². The minimum atomic E-state index is -0.377. The first-order chi connectivity index (χ1) is 9.61. The maximum absolute atomic E-state index is 10.8. The number of rotatable bonds is 3. The van der Waals surface area contributed by atoms with E-state index < -0.39 is 0 Å². The number of benzene rings is 1. The second-order valence-corrected chi connectivity index (χ2v) is 6.82. The van der Waals surface area contributed by atoms with Crippen LogP contribution in [0.25, 0.3) is 10.9 Å². The Kier molecular flexibility index (Phi) is 3.84. The van der Waals surface area contributed by atoms with E-state index in [4.69, 9.17) is 0 Å². The van der Waals surface area contributed by atoms with Crippen LogP contribution in [0.2, 0.25) is 0 Å². The van der Waals surface area contributed by atoms with Crippen molar-refractivity contribution in [1.82, 2.24) is 9.88 Å². The van der Waals surface area contributed by atoms with Crippen molar-refractivity contribution in [3.63, 3.8) is 0 Å². The molecular formula is C14H14IN3O2. The fraction of sp³-hybridized carbons (Fsp3) is 0.357. The quantitative estimate of drug-likeness (QED) is 0.354. The van der Waals surface area contributed by atoms with E-state index in [-0.39, 0.29) is 10.6 Å². The molecule has 0 spiro atoms. The lowest BCUT2D eigenvalue weighted by molar-refractivity contribution is -0.384. The molecule has 1 fully saturated rings. The SMILES string of the molecule is O=[N+]([O-])c1ccc2nc(CN3CC[C@@H](I)C3)ccc2c1. The van der Waals surface area contributed by atoms with Crippen LogP contribution in [0.1, 0.15) is 12.1 Å². The number of fused-ring (bicyclic) bond motifs is 1. The Labute approximate surface area is 130 Å². The van der Waals surface area contributed by atoms with Crippen LogP contribution in [0.3, 0.4) is 0 Å². The van der Waals surface area contributed by atoms with Crippen LogP contribution >= 0.6 is 22.6 Å². The van der Waals surface area contributed by atoms with Gasteiger partial charge in [0.2, 0.25) is 0 Å². The van der Waals surface area contributed by atoms with E-state index in [1.165, 1.54) is 12.5 Å². The van der Waals surface area contributed by atoms with Crippen molar-refractivity contribution in [3.8, 4) is 0 Å². The van der Waals surface area contributed by atoms with Gasteiger partial charge in [0.25, 0.3) is 5.69 Å². The largest absolute Gasteiger partial charge is 0.296 e. The molecule has 20 heavy (non-hydrogen) atoms. The Morgan fingerprint density at radius 3 is 2.95 bits per heavy atom. The summed E-state index contributed by atoms with van der Waals surface area (Å²) in [7, 11) is 0. The summed E-state index contributed by atoms with van der Waals surface area (Å²) in [6, 6.07) is 8.69. The maximum Gasteiger partial charge on any atom is 0.270 e. The normalized spacial score (nSPS) is 19.6. The Balaban J connectivity index is 1.84. The number of alkyl halides is 1. The van der Waals surface area contributed by atoms with Crippen LogP contribution in [-0.4, -0.2) is 31.8 Å². The van der Waals surface area contributed by atoms with Gasteiger partial charge in [-0.3, -0.25) is 20.0 Å². The molecule has 0 bridgehead atoms. The molecule has 1 atom stereocenters. The average Bonchev–Trinajstić information content (AvgIpc) is 2.83. The lowest BCUT2D eigenvalue weighted by atomic mass is 10.2. The Morgan fingerprint density at radius 1 is 1.40 bits per heavy atom. The van der Waals surface area contributed by atoms with E-state index in [1.807, 2.05) is 12.1 Å². The van der Waals surface area contributed by atoms with E-state index in [2.05, 4.69) is 32.5 Å². The van der Waals surface area contributed by atoms with Crippen LogP contribution in [0.15, 0.2) is 30.3 Å². The van der Waals surface area contributed by atoms with Gasteiger partial charge in [0.05, 0.1) is 16.1 Å². The van der Waals surface area contributed by atoms with Crippen LogP contribution < -0.4 is 0 Å². The second kappa shape index (κ2) is 5.61. The minimum absolute atomic E-state index is 0.111. The molecule has 1 aliphatic rings. The Morgan fingerprint density at radius 2 is 2.25 bits per heavy atom. The lowest BCUT2D eigenvalue weighted by Gasteiger charge is -2.14. The van der Waals surface area contributed by atoms with E-state index >= 15 is 0 Å². The number of hydrogen-bond donors (Lipinski definition) is 0. The molecule has 1 aromatic carbocycles. The standard InChI is InChI=1S/C14H14IN3O2/c15-11-5-6-17(8-11)9-12-2-1-10-7-13(18(19)20)3-4-14(10)16-12/h1-4,7,11H,5-6,8-9H2/t11-/m1/s1. The summed E-state index contributed by atoms with van der Waals surface area (Å²) < 4.78 is 0.732. The molecule has 0 N–H and O–H groups in total. The molecule has 0 aliphatic carbocycles. The first-order valence-corrected chi connectivity index (χ1v) is 7.77. The lowest BCUT2D eigenvalue weighted by Crippen LogP contribution is -2.20. The van der Waals surface area contributed by atoms with Gasteiger partial charge in [0, 0.05) is 34.5 Å². The van der Waals surface area contributed by atoms with E-state index in [1.54, 1.807) is 12.1 Å². The molecule has 2 aromatic rings. The van der Waals surface area contributed by atoms with Crippen molar-refractivity contribution >= 4 is 39.2 Å². The zero-order valence-corrected chi connectivity index (χ0v) is 13.0. The fourth-order valence-electron chi connectivity index (χ4n) is 2.51. The predicted octanol–water partition coefficient (Wildman–Crippen LogP) is 3.15. The fourth-order valence-corrected chi connectivity index (χ4v) is 3.35. The molecule has 5 nitrogen and oxygen atoms in total. The number of nitrogens with zero attached hydrogens (tertiary/aromatic N) is 3. The maximum atomic E-state index is 10.8. The highest BCUT2D eigenvalue weighted by Crippen LogP contribution is 2.22. The topological polar surface area (TPSA) is 59.3 Å². The molecular weight excluding hydrogens is 369 g/mol. The van der Waals surface area contributed by atoms with Gasteiger partial charge in [-0.1, -0.05) is 28.7 Å². The highest BCUT2D eigenvalue weighted by Gasteiger charge is 2.20. The third-order valence-corrected chi connectivity index (χ3v) is 4.56. The molecule has 3 rings (SSSR count). The van der Waals surface area contributed by atoms with E-state index in [9.17, 15) is 10.1 Å². The van der Waals surface area contributed by atoms with Crippen molar-refractivity contribution in [2.75, 3.05) is 13.1 Å². The number of pyridine rings is 1.